The van der Waals surface area contributed by atoms with Crippen molar-refractivity contribution in [2.45, 2.75) is 25.8 Å². The van der Waals surface area contributed by atoms with Crippen LogP contribution in [0.4, 0.5) is 10.5 Å². The number of carbonyl (C=O) groups excluding carboxylic acids is 2. The number of anilines is 1. The maximum absolute atomic E-state index is 12.2. The number of nitrogens with one attached hydrogen (secondary N) is 3. The van der Waals surface area contributed by atoms with Crippen LogP contribution in [0.15, 0.2) is 53.0 Å². The maximum atomic E-state index is 12.2. The second-order valence-corrected chi connectivity index (χ2v) is 7.48. The Kier molecular flexibility index (Phi) is 5.93. The van der Waals surface area contributed by atoms with Crippen LogP contribution in [0, 0.1) is 12.8 Å². The van der Waals surface area contributed by atoms with E-state index in [-0.39, 0.29) is 24.5 Å². The van der Waals surface area contributed by atoms with E-state index in [4.69, 9.17) is 0 Å². The second kappa shape index (κ2) is 8.36. The Morgan fingerprint density at radius 3 is 2.54 bits per heavy atom. The third kappa shape index (κ3) is 5.08. The van der Waals surface area contributed by atoms with Crippen LogP contribution in [0.1, 0.15) is 30.0 Å². The molecule has 5 nitrogen and oxygen atoms in total. The average molecular weight is 416 g/mol. The van der Waals surface area contributed by atoms with Gasteiger partial charge >= 0.3 is 6.03 Å². The summed E-state index contributed by atoms with van der Waals surface area (Å²) in [7, 11) is 0. The SMILES string of the molecule is Cc1cc(Br)ccc1NC(=O)CNC(=O)N[C@H](c1ccccc1)C1CC1. The molecule has 3 rings (SSSR count). The summed E-state index contributed by atoms with van der Waals surface area (Å²) >= 11 is 3.39. The molecule has 0 bridgehead atoms. The monoisotopic (exact) mass is 415 g/mol. The summed E-state index contributed by atoms with van der Waals surface area (Å²) < 4.78 is 0.956. The molecule has 6 heteroatoms. The first-order valence-corrected chi connectivity index (χ1v) is 9.47. The molecule has 1 fully saturated rings. The lowest BCUT2D eigenvalue weighted by Gasteiger charge is -2.19. The van der Waals surface area contributed by atoms with Crippen molar-refractivity contribution in [2.24, 2.45) is 5.92 Å². The highest BCUT2D eigenvalue weighted by Gasteiger charge is 2.33. The molecule has 3 N–H and O–H groups in total. The first-order chi connectivity index (χ1) is 12.5. The van der Waals surface area contributed by atoms with E-state index in [0.717, 1.165) is 34.1 Å². The van der Waals surface area contributed by atoms with Gasteiger partial charge in [0.05, 0.1) is 12.6 Å². The Hall–Kier alpha value is -2.34. The number of carbonyl (C=O) groups is 2. The number of hydrogen-bond acceptors (Lipinski definition) is 2. The molecule has 1 aliphatic carbocycles. The number of hydrogen-bond donors (Lipinski definition) is 3. The van der Waals surface area contributed by atoms with E-state index in [9.17, 15) is 9.59 Å². The van der Waals surface area contributed by atoms with Gasteiger partial charge in [0.15, 0.2) is 0 Å². The van der Waals surface area contributed by atoms with Crippen LogP contribution in [0.2, 0.25) is 0 Å². The van der Waals surface area contributed by atoms with Crippen molar-refractivity contribution in [1.29, 1.82) is 0 Å². The molecular formula is C20H22BrN3O2. The number of halogens is 1. The summed E-state index contributed by atoms with van der Waals surface area (Å²) in [5, 5.41) is 8.45. The highest BCUT2D eigenvalue weighted by Crippen LogP contribution is 2.40. The van der Waals surface area contributed by atoms with Crippen LogP contribution in [0.3, 0.4) is 0 Å². The Balaban J connectivity index is 1.50. The quantitative estimate of drug-likeness (QED) is 0.662. The van der Waals surface area contributed by atoms with Gasteiger partial charge in [0.2, 0.25) is 5.91 Å². The van der Waals surface area contributed by atoms with Crippen LogP contribution in [-0.4, -0.2) is 18.5 Å². The average Bonchev–Trinajstić information content (AvgIpc) is 3.46. The van der Waals surface area contributed by atoms with Crippen LogP contribution < -0.4 is 16.0 Å². The zero-order valence-corrected chi connectivity index (χ0v) is 16.2. The van der Waals surface area contributed by atoms with Gasteiger partial charge in [-0.05, 0) is 55.0 Å². The van der Waals surface area contributed by atoms with Crippen LogP contribution in [-0.2, 0) is 4.79 Å². The molecule has 2 aromatic carbocycles. The first kappa shape index (κ1) is 18.5. The summed E-state index contributed by atoms with van der Waals surface area (Å²) in [4.78, 5) is 24.3. The summed E-state index contributed by atoms with van der Waals surface area (Å²) in [6.07, 6.45) is 2.23. The van der Waals surface area contributed by atoms with Crippen molar-refractivity contribution in [3.8, 4) is 0 Å². The van der Waals surface area contributed by atoms with Crippen molar-refractivity contribution in [2.75, 3.05) is 11.9 Å². The van der Waals surface area contributed by atoms with Gasteiger partial charge in [-0.1, -0.05) is 46.3 Å². The smallest absolute Gasteiger partial charge is 0.315 e. The van der Waals surface area contributed by atoms with Crippen LogP contribution in [0.5, 0.6) is 0 Å². The van der Waals surface area contributed by atoms with E-state index in [1.165, 1.54) is 0 Å². The van der Waals surface area contributed by atoms with Gasteiger partial charge in [0.25, 0.3) is 0 Å². The van der Waals surface area contributed by atoms with Crippen LogP contribution in [0.25, 0.3) is 0 Å². The van der Waals surface area contributed by atoms with Crippen molar-refractivity contribution in [3.63, 3.8) is 0 Å². The molecule has 1 saturated carbocycles. The fourth-order valence-corrected chi connectivity index (χ4v) is 3.35. The van der Waals surface area contributed by atoms with E-state index in [1.54, 1.807) is 0 Å². The predicted octanol–water partition coefficient (Wildman–Crippen LogP) is 4.15. The molecule has 0 unspecified atom stereocenters. The first-order valence-electron chi connectivity index (χ1n) is 8.68. The van der Waals surface area contributed by atoms with Gasteiger partial charge in [-0.25, -0.2) is 4.79 Å². The fraction of sp³-hybridized carbons (Fsp3) is 0.300. The number of rotatable bonds is 6. The lowest BCUT2D eigenvalue weighted by Crippen LogP contribution is -2.42. The van der Waals surface area contributed by atoms with E-state index in [0.29, 0.717) is 5.92 Å². The number of amides is 3. The second-order valence-electron chi connectivity index (χ2n) is 6.56. The van der Waals surface area contributed by atoms with Gasteiger partial charge in [0, 0.05) is 10.2 Å². The van der Waals surface area contributed by atoms with Crippen molar-refractivity contribution in [1.82, 2.24) is 10.6 Å². The Bertz CT molecular complexity index is 791. The maximum Gasteiger partial charge on any atom is 0.315 e. The Morgan fingerprint density at radius 1 is 1.15 bits per heavy atom. The Labute approximate surface area is 161 Å². The Morgan fingerprint density at radius 2 is 1.88 bits per heavy atom. The molecule has 0 aliphatic heterocycles. The number of benzene rings is 2. The summed E-state index contributed by atoms with van der Waals surface area (Å²) in [5.74, 6) is 0.218. The summed E-state index contributed by atoms with van der Waals surface area (Å²) in [6, 6.07) is 15.2. The predicted molar refractivity (Wildman–Crippen MR) is 106 cm³/mol. The molecule has 0 aromatic heterocycles. The molecule has 136 valence electrons. The van der Waals surface area contributed by atoms with Crippen molar-refractivity contribution in [3.05, 3.63) is 64.1 Å². The van der Waals surface area contributed by atoms with E-state index < -0.39 is 0 Å². The largest absolute Gasteiger partial charge is 0.331 e. The minimum atomic E-state index is -0.326. The number of aryl methyl sites for hydroxylation is 1. The zero-order chi connectivity index (χ0) is 18.5. The molecule has 0 saturated heterocycles. The summed E-state index contributed by atoms with van der Waals surface area (Å²) in [5.41, 5.74) is 2.79. The van der Waals surface area contributed by atoms with Crippen LogP contribution >= 0.6 is 15.9 Å². The van der Waals surface area contributed by atoms with Gasteiger partial charge < -0.3 is 16.0 Å². The molecule has 3 amide bonds. The molecular weight excluding hydrogens is 394 g/mol. The number of urea groups is 1. The highest BCUT2D eigenvalue weighted by molar-refractivity contribution is 9.10. The minimum Gasteiger partial charge on any atom is -0.331 e. The van der Waals surface area contributed by atoms with Gasteiger partial charge in [0.1, 0.15) is 0 Å². The zero-order valence-electron chi connectivity index (χ0n) is 14.6. The molecule has 1 atom stereocenters. The fourth-order valence-electron chi connectivity index (χ4n) is 2.88. The van der Waals surface area contributed by atoms with Crippen molar-refractivity contribution >= 4 is 33.6 Å². The van der Waals surface area contributed by atoms with Crippen molar-refractivity contribution < 1.29 is 9.59 Å². The molecule has 0 heterocycles. The molecule has 26 heavy (non-hydrogen) atoms. The summed E-state index contributed by atoms with van der Waals surface area (Å²) in [6.45, 7) is 1.84. The van der Waals surface area contributed by atoms with E-state index >= 15 is 0 Å². The highest BCUT2D eigenvalue weighted by atomic mass is 79.9. The lowest BCUT2D eigenvalue weighted by atomic mass is 10.0. The van der Waals surface area contributed by atoms with E-state index in [2.05, 4.69) is 31.9 Å². The third-order valence-corrected chi connectivity index (χ3v) is 4.90. The van der Waals surface area contributed by atoms with Gasteiger partial charge in [-0.15, -0.1) is 0 Å². The molecule has 0 spiro atoms. The van der Waals surface area contributed by atoms with Gasteiger partial charge in [-0.3, -0.25) is 4.79 Å². The molecule has 2 aromatic rings. The lowest BCUT2D eigenvalue weighted by molar-refractivity contribution is -0.115. The molecule has 1 aliphatic rings. The third-order valence-electron chi connectivity index (χ3n) is 4.41. The van der Waals surface area contributed by atoms with E-state index in [1.807, 2.05) is 55.5 Å². The topological polar surface area (TPSA) is 70.2 Å². The standard InChI is InChI=1S/C20H22BrN3O2/c1-13-11-16(21)9-10-17(13)23-18(25)12-22-20(26)24-19(15-7-8-15)14-5-3-2-4-6-14/h2-6,9-11,15,19H,7-8,12H2,1H3,(H,23,25)(H2,22,24,26)/t19-/m1/s1. The normalized spacial score (nSPS) is 14.4. The molecule has 0 radical (unpaired) electrons. The minimum absolute atomic E-state index is 0.00650. The van der Waals surface area contributed by atoms with Gasteiger partial charge in [-0.2, -0.15) is 0 Å².